The summed E-state index contributed by atoms with van der Waals surface area (Å²) in [5.41, 5.74) is -3.33. The molecule has 51 heavy (non-hydrogen) atoms. The predicted octanol–water partition coefficient (Wildman–Crippen LogP) is 6.87. The number of pyridine rings is 2. The maximum atomic E-state index is 16.5. The van der Waals surface area contributed by atoms with E-state index in [1.807, 2.05) is 0 Å². The molecule has 0 aliphatic carbocycles. The van der Waals surface area contributed by atoms with Crippen LogP contribution in [0.2, 0.25) is 0 Å². The van der Waals surface area contributed by atoms with Crippen molar-refractivity contribution in [2.24, 2.45) is 0 Å². The highest BCUT2D eigenvalue weighted by molar-refractivity contribution is 6.04. The number of fused-ring (bicyclic) bond motifs is 2. The van der Waals surface area contributed by atoms with Crippen molar-refractivity contribution in [1.82, 2.24) is 14.9 Å². The Balaban J connectivity index is 1.44. The molecule has 0 bridgehead atoms. The Morgan fingerprint density at radius 2 is 1.69 bits per heavy atom. The second-order valence-corrected chi connectivity index (χ2v) is 14.3. The minimum Gasteiger partial charge on any atom is -0.474 e. The summed E-state index contributed by atoms with van der Waals surface area (Å²) >= 11 is 0. The normalized spacial score (nSPS) is 17.4. The number of amides is 4. The van der Waals surface area contributed by atoms with E-state index in [0.717, 1.165) is 4.90 Å². The lowest BCUT2D eigenvalue weighted by molar-refractivity contribution is 0.0207. The minimum absolute atomic E-state index is 0.0300. The van der Waals surface area contributed by atoms with Gasteiger partial charge in [0.25, 0.3) is 0 Å². The molecule has 2 aromatic heterocycles. The summed E-state index contributed by atoms with van der Waals surface area (Å²) in [5.74, 6) is -0.865. The van der Waals surface area contributed by atoms with Crippen LogP contribution < -0.4 is 20.3 Å². The summed E-state index contributed by atoms with van der Waals surface area (Å²) in [6.45, 7) is 10.8. The van der Waals surface area contributed by atoms with E-state index in [1.54, 1.807) is 48.5 Å². The first-order chi connectivity index (χ1) is 23.7. The van der Waals surface area contributed by atoms with E-state index >= 15 is 8.78 Å². The standard InChI is InChI=1S/C34H40F2N6O9/c1-18-21(14-38-27-26(18)42(30(45)46)10-11-48-27)20-12-19-13-23(37-15-22(19)25(24(20)35)40-29(44)50-32(2,3)4)39-28(43)49-17-34(36)8-9-41(16-34)31(47)51-33(5,6)7/h12-15H,8-11,16-17H2,1-7H3,(H,40,44)(H,45,46)(H,37,39,43). The number of likely N-dealkylation sites (tertiary alicyclic amines) is 1. The van der Waals surface area contributed by atoms with Crippen molar-refractivity contribution >= 4 is 52.3 Å². The van der Waals surface area contributed by atoms with Crippen molar-refractivity contribution < 1.29 is 52.0 Å². The van der Waals surface area contributed by atoms with Crippen LogP contribution in [0.1, 0.15) is 53.5 Å². The lowest BCUT2D eigenvalue weighted by Gasteiger charge is -2.29. The Hall–Kier alpha value is -5.48. The molecule has 0 radical (unpaired) electrons. The summed E-state index contributed by atoms with van der Waals surface area (Å²) in [5, 5.41) is 15.1. The fourth-order valence-corrected chi connectivity index (χ4v) is 5.64. The van der Waals surface area contributed by atoms with E-state index < -0.39 is 53.7 Å². The highest BCUT2D eigenvalue weighted by Crippen LogP contribution is 2.42. The molecule has 4 heterocycles. The Bertz CT molecular complexity index is 1890. The van der Waals surface area contributed by atoms with Gasteiger partial charge in [0, 0.05) is 41.9 Å². The number of hydrogen-bond donors (Lipinski definition) is 3. The zero-order valence-corrected chi connectivity index (χ0v) is 29.3. The fourth-order valence-electron chi connectivity index (χ4n) is 5.64. The first kappa shape index (κ1) is 36.8. The maximum absolute atomic E-state index is 16.5. The van der Waals surface area contributed by atoms with Gasteiger partial charge in [-0.3, -0.25) is 15.5 Å². The van der Waals surface area contributed by atoms with Crippen LogP contribution in [0.25, 0.3) is 21.9 Å². The highest BCUT2D eigenvalue weighted by atomic mass is 19.1. The van der Waals surface area contributed by atoms with Crippen molar-refractivity contribution in [1.29, 1.82) is 0 Å². The molecule has 3 aromatic rings. The Labute approximate surface area is 292 Å². The van der Waals surface area contributed by atoms with Crippen LogP contribution in [0, 0.1) is 12.7 Å². The van der Waals surface area contributed by atoms with Crippen molar-refractivity contribution in [2.45, 2.75) is 71.8 Å². The molecular formula is C34H40F2N6O9. The van der Waals surface area contributed by atoms with E-state index in [0.29, 0.717) is 5.56 Å². The number of anilines is 3. The van der Waals surface area contributed by atoms with Crippen molar-refractivity contribution in [2.75, 3.05) is 48.4 Å². The summed E-state index contributed by atoms with van der Waals surface area (Å²) < 4.78 is 53.3. The lowest BCUT2D eigenvalue weighted by atomic mass is 9.96. The van der Waals surface area contributed by atoms with Crippen LogP contribution in [-0.2, 0) is 14.2 Å². The average Bonchev–Trinajstić information content (AvgIpc) is 3.42. The fraction of sp³-hybridized carbons (Fsp3) is 0.471. The number of carboxylic acid groups (broad SMARTS) is 1. The van der Waals surface area contributed by atoms with Crippen LogP contribution in [0.15, 0.2) is 24.5 Å². The average molecular weight is 715 g/mol. The molecule has 2 aliphatic rings. The number of nitrogens with zero attached hydrogens (tertiary/aromatic N) is 4. The quantitative estimate of drug-likeness (QED) is 0.235. The van der Waals surface area contributed by atoms with Gasteiger partial charge in [-0.25, -0.2) is 37.9 Å². The number of carbonyl (C=O) groups excluding carboxylic acids is 3. The molecule has 2 aliphatic heterocycles. The van der Waals surface area contributed by atoms with Crippen LogP contribution in [0.5, 0.6) is 5.88 Å². The highest BCUT2D eigenvalue weighted by Gasteiger charge is 2.43. The number of ether oxygens (including phenoxy) is 4. The first-order valence-electron chi connectivity index (χ1n) is 16.1. The molecule has 1 aromatic carbocycles. The Morgan fingerprint density at radius 3 is 2.35 bits per heavy atom. The molecule has 1 saturated heterocycles. The topological polar surface area (TPSA) is 182 Å². The Morgan fingerprint density at radius 1 is 0.980 bits per heavy atom. The molecule has 17 heteroatoms. The third-order valence-corrected chi connectivity index (χ3v) is 7.85. The van der Waals surface area contributed by atoms with Crippen molar-refractivity contribution in [3.8, 4) is 17.0 Å². The van der Waals surface area contributed by atoms with Crippen molar-refractivity contribution in [3.05, 3.63) is 35.9 Å². The second-order valence-electron chi connectivity index (χ2n) is 14.3. The SMILES string of the molecule is Cc1c(-c2cc3cc(NC(=O)OCC4(F)CCN(C(=O)OC(C)(C)C)C4)ncc3c(NC(=O)OC(C)(C)C)c2F)cnc2c1N(C(=O)O)CCO2. The largest absolute Gasteiger partial charge is 0.474 e. The smallest absolute Gasteiger partial charge is 0.412 e. The molecule has 4 amide bonds. The van der Waals surface area contributed by atoms with Gasteiger partial charge in [-0.05, 0) is 71.5 Å². The summed E-state index contributed by atoms with van der Waals surface area (Å²) in [7, 11) is 0. The van der Waals surface area contributed by atoms with Gasteiger partial charge < -0.3 is 29.0 Å². The number of halogens is 2. The number of aromatic nitrogens is 2. The van der Waals surface area contributed by atoms with Crippen molar-refractivity contribution in [3.63, 3.8) is 0 Å². The summed E-state index contributed by atoms with van der Waals surface area (Å²) in [4.78, 5) is 60.6. The van der Waals surface area contributed by atoms with E-state index in [2.05, 4.69) is 20.6 Å². The van der Waals surface area contributed by atoms with Gasteiger partial charge in [-0.15, -0.1) is 0 Å². The van der Waals surface area contributed by atoms with E-state index in [-0.39, 0.29) is 77.6 Å². The molecule has 1 fully saturated rings. The summed E-state index contributed by atoms with van der Waals surface area (Å²) in [6, 6.07) is 2.81. The van der Waals surface area contributed by atoms with Gasteiger partial charge in [0.1, 0.15) is 35.9 Å². The number of alkyl halides is 1. The van der Waals surface area contributed by atoms with Gasteiger partial charge in [0.05, 0.1) is 18.8 Å². The lowest BCUT2D eigenvalue weighted by Crippen LogP contribution is -2.39. The maximum Gasteiger partial charge on any atom is 0.412 e. The van der Waals surface area contributed by atoms with Gasteiger partial charge in [-0.1, -0.05) is 0 Å². The summed E-state index contributed by atoms with van der Waals surface area (Å²) in [6.07, 6.45) is -1.41. The number of carbonyl (C=O) groups is 4. The monoisotopic (exact) mass is 714 g/mol. The minimum atomic E-state index is -2.00. The van der Waals surface area contributed by atoms with Crippen LogP contribution in [0.4, 0.5) is 45.2 Å². The van der Waals surface area contributed by atoms with E-state index in [9.17, 15) is 24.3 Å². The second kappa shape index (κ2) is 13.7. The molecule has 0 spiro atoms. The number of rotatable bonds is 5. The third-order valence-electron chi connectivity index (χ3n) is 7.85. The molecule has 3 N–H and O–H groups in total. The molecule has 0 saturated carbocycles. The molecule has 274 valence electrons. The molecule has 15 nitrogen and oxygen atoms in total. The first-order valence-corrected chi connectivity index (χ1v) is 16.1. The van der Waals surface area contributed by atoms with Gasteiger partial charge >= 0.3 is 24.4 Å². The Kier molecular flexibility index (Phi) is 9.87. The molecular weight excluding hydrogens is 674 g/mol. The number of benzene rings is 1. The molecule has 5 rings (SSSR count). The van der Waals surface area contributed by atoms with Gasteiger partial charge in [0.2, 0.25) is 5.88 Å². The zero-order chi connectivity index (χ0) is 37.5. The number of nitrogens with one attached hydrogen (secondary N) is 2. The van der Waals surface area contributed by atoms with Crippen LogP contribution in [0.3, 0.4) is 0 Å². The van der Waals surface area contributed by atoms with Gasteiger partial charge in [-0.2, -0.15) is 0 Å². The van der Waals surface area contributed by atoms with Gasteiger partial charge in [0.15, 0.2) is 11.5 Å². The zero-order valence-electron chi connectivity index (χ0n) is 29.3. The molecule has 1 atom stereocenters. The van der Waals surface area contributed by atoms with Crippen LogP contribution >= 0.6 is 0 Å². The third kappa shape index (κ3) is 8.46. The molecule has 1 unspecified atom stereocenters. The number of hydrogen-bond acceptors (Lipinski definition) is 10. The van der Waals surface area contributed by atoms with E-state index in [1.165, 1.54) is 29.4 Å². The van der Waals surface area contributed by atoms with E-state index in [4.69, 9.17) is 18.9 Å². The predicted molar refractivity (Wildman–Crippen MR) is 182 cm³/mol. The van der Waals surface area contributed by atoms with Crippen LogP contribution in [-0.4, -0.2) is 94.1 Å².